The molecule has 0 aromatic carbocycles. The van der Waals surface area contributed by atoms with Gasteiger partial charge in [-0.05, 0) is 0 Å². The van der Waals surface area contributed by atoms with Crippen LogP contribution in [0.2, 0.25) is 0 Å². The maximum absolute atomic E-state index is 9.83. The zero-order chi connectivity index (χ0) is 5.98. The van der Waals surface area contributed by atoms with E-state index in [0.717, 1.165) is 12.7 Å². The Bertz CT molecular complexity index is 184. The van der Waals surface area contributed by atoms with Crippen LogP contribution in [0.5, 0.6) is 0 Å². The molecule has 0 N–H and O–H groups in total. The van der Waals surface area contributed by atoms with Gasteiger partial charge in [0.15, 0.2) is 6.39 Å². The third-order valence-corrected chi connectivity index (χ3v) is 0.641. The Labute approximate surface area is 63.1 Å². The van der Waals surface area contributed by atoms with E-state index < -0.39 is 5.97 Å². The second kappa shape index (κ2) is 3.33. The average molecular weight is 119 g/mol. The first kappa shape index (κ1) is 8.28. The molecule has 9 heavy (non-hydrogen) atoms. The summed E-state index contributed by atoms with van der Waals surface area (Å²) >= 11 is 0. The number of carbonyl (C=O) groups excluding carboxylic acids is 1. The van der Waals surface area contributed by atoms with Gasteiger partial charge in [-0.25, -0.2) is 4.98 Å². The molecule has 0 aliphatic carbocycles. The average Bonchev–Trinajstić information content (AvgIpc) is 2.12. The third-order valence-electron chi connectivity index (χ3n) is 0.641. The van der Waals surface area contributed by atoms with Gasteiger partial charge in [0.1, 0.15) is 12.0 Å². The van der Waals surface area contributed by atoms with Gasteiger partial charge < -0.3 is 14.3 Å². The van der Waals surface area contributed by atoms with Crippen molar-refractivity contribution in [1.82, 2.24) is 4.98 Å². The maximum Gasteiger partial charge on any atom is 1.00 e. The zero-order valence-corrected chi connectivity index (χ0v) is 4.83. The van der Waals surface area contributed by atoms with E-state index in [1.54, 1.807) is 0 Å². The Morgan fingerprint density at radius 3 is 2.67 bits per heavy atom. The second-order valence-electron chi connectivity index (χ2n) is 1.16. The van der Waals surface area contributed by atoms with E-state index in [1.165, 1.54) is 0 Å². The van der Waals surface area contributed by atoms with Crippen molar-refractivity contribution in [3.8, 4) is 0 Å². The second-order valence-corrected chi connectivity index (χ2v) is 1.16. The number of aromatic nitrogens is 1. The molecule has 4 nitrogen and oxygen atoms in total. The van der Waals surface area contributed by atoms with E-state index in [1.807, 2.05) is 0 Å². The number of carboxylic acids is 1. The van der Waals surface area contributed by atoms with E-state index >= 15 is 0 Å². The van der Waals surface area contributed by atoms with Crippen LogP contribution in [0.25, 0.3) is 0 Å². The molecule has 0 aliphatic heterocycles. The number of hydrogen-bond donors (Lipinski definition) is 0. The summed E-state index contributed by atoms with van der Waals surface area (Å²) in [5.74, 6) is -1.32. The van der Waals surface area contributed by atoms with Gasteiger partial charge in [0.2, 0.25) is 0 Å². The van der Waals surface area contributed by atoms with Gasteiger partial charge in [-0.1, -0.05) is 0 Å². The van der Waals surface area contributed by atoms with Crippen LogP contribution in [-0.4, -0.2) is 11.0 Å². The minimum Gasteiger partial charge on any atom is -0.543 e. The molecule has 0 fully saturated rings. The molecule has 0 bridgehead atoms. The molecule has 1 rings (SSSR count). The number of hydrogen-bond acceptors (Lipinski definition) is 4. The van der Waals surface area contributed by atoms with Crippen molar-refractivity contribution in [3.05, 3.63) is 18.4 Å². The van der Waals surface area contributed by atoms with Crippen molar-refractivity contribution in [3.63, 3.8) is 0 Å². The van der Waals surface area contributed by atoms with Crippen LogP contribution in [0.15, 0.2) is 17.1 Å². The molecular formula is C4H2LiNO3. The molecule has 0 spiro atoms. The normalized spacial score (nSPS) is 8.00. The first-order valence-corrected chi connectivity index (χ1v) is 1.90. The van der Waals surface area contributed by atoms with Crippen molar-refractivity contribution in [2.75, 3.05) is 0 Å². The number of carboxylic acid groups (broad SMARTS) is 1. The predicted octanol–water partition coefficient (Wildman–Crippen LogP) is -3.96. The van der Waals surface area contributed by atoms with Crippen LogP contribution >= 0.6 is 0 Å². The molecule has 0 saturated carbocycles. The summed E-state index contributed by atoms with van der Waals surface area (Å²) in [6.07, 6.45) is 2.04. The van der Waals surface area contributed by atoms with E-state index in [0.29, 0.717) is 0 Å². The van der Waals surface area contributed by atoms with Gasteiger partial charge in [-0.2, -0.15) is 0 Å². The summed E-state index contributed by atoms with van der Waals surface area (Å²) in [5, 5.41) is 9.83. The topological polar surface area (TPSA) is 66.2 Å². The summed E-state index contributed by atoms with van der Waals surface area (Å²) in [6, 6.07) is 0. The molecular weight excluding hydrogens is 117 g/mol. The molecule has 1 aromatic rings. The molecule has 0 saturated heterocycles. The first-order chi connectivity index (χ1) is 3.80. The zero-order valence-electron chi connectivity index (χ0n) is 4.83. The largest absolute Gasteiger partial charge is 1.00 e. The summed E-state index contributed by atoms with van der Waals surface area (Å²) in [5.41, 5.74) is -0.176. The fourth-order valence-corrected chi connectivity index (χ4v) is 0.313. The summed E-state index contributed by atoms with van der Waals surface area (Å²) in [4.78, 5) is 13.1. The number of carbonyl (C=O) groups is 1. The van der Waals surface area contributed by atoms with E-state index in [4.69, 9.17) is 0 Å². The molecule has 1 aromatic heterocycles. The van der Waals surface area contributed by atoms with Crippen molar-refractivity contribution < 1.29 is 33.2 Å². The smallest absolute Gasteiger partial charge is 0.543 e. The molecule has 1 heterocycles. The van der Waals surface area contributed by atoms with Crippen molar-refractivity contribution in [2.45, 2.75) is 0 Å². The predicted molar refractivity (Wildman–Crippen MR) is 20.8 cm³/mol. The number of rotatable bonds is 1. The Hall–Kier alpha value is -0.723. The Morgan fingerprint density at radius 1 is 1.78 bits per heavy atom. The van der Waals surface area contributed by atoms with Crippen LogP contribution in [0.4, 0.5) is 0 Å². The van der Waals surface area contributed by atoms with E-state index in [-0.39, 0.29) is 24.6 Å². The van der Waals surface area contributed by atoms with Crippen LogP contribution in [-0.2, 0) is 0 Å². The molecule has 0 aliphatic rings. The molecule has 0 atom stereocenters. The van der Waals surface area contributed by atoms with Gasteiger partial charge in [0.05, 0.1) is 5.97 Å². The molecule has 0 radical (unpaired) electrons. The number of nitrogens with zero attached hydrogens (tertiary/aromatic N) is 1. The Kier molecular flexibility index (Phi) is 3.06. The van der Waals surface area contributed by atoms with Crippen LogP contribution in [0, 0.1) is 0 Å². The minimum absolute atomic E-state index is 0. The van der Waals surface area contributed by atoms with Crippen molar-refractivity contribution in [2.24, 2.45) is 0 Å². The number of aromatic carboxylic acids is 1. The molecule has 0 amide bonds. The summed E-state index contributed by atoms with van der Waals surface area (Å²) in [7, 11) is 0. The maximum atomic E-state index is 9.83. The Morgan fingerprint density at radius 2 is 2.44 bits per heavy atom. The summed E-state index contributed by atoms with van der Waals surface area (Å²) in [6.45, 7) is 0. The van der Waals surface area contributed by atoms with Crippen molar-refractivity contribution >= 4 is 5.97 Å². The van der Waals surface area contributed by atoms with E-state index in [2.05, 4.69) is 9.40 Å². The quantitative estimate of drug-likeness (QED) is 0.354. The molecule has 5 heteroatoms. The fraction of sp³-hybridized carbons (Fsp3) is 0. The number of oxazole rings is 1. The van der Waals surface area contributed by atoms with Crippen molar-refractivity contribution in [1.29, 1.82) is 0 Å². The van der Waals surface area contributed by atoms with Gasteiger partial charge in [-0.3, -0.25) is 0 Å². The summed E-state index contributed by atoms with van der Waals surface area (Å²) < 4.78 is 4.34. The van der Waals surface area contributed by atoms with Gasteiger partial charge >= 0.3 is 18.9 Å². The first-order valence-electron chi connectivity index (χ1n) is 1.90. The van der Waals surface area contributed by atoms with Crippen LogP contribution < -0.4 is 24.0 Å². The monoisotopic (exact) mass is 119 g/mol. The van der Waals surface area contributed by atoms with Crippen LogP contribution in [0.3, 0.4) is 0 Å². The SMILES string of the molecule is O=C([O-])c1cocn1.[Li+]. The third kappa shape index (κ3) is 1.92. The van der Waals surface area contributed by atoms with E-state index in [9.17, 15) is 9.90 Å². The Balaban J connectivity index is 0.000000640. The van der Waals surface area contributed by atoms with Gasteiger partial charge in [0.25, 0.3) is 0 Å². The van der Waals surface area contributed by atoms with Gasteiger partial charge in [-0.15, -0.1) is 0 Å². The molecule has 0 unspecified atom stereocenters. The minimum atomic E-state index is -1.32. The van der Waals surface area contributed by atoms with Gasteiger partial charge in [0, 0.05) is 0 Å². The fourth-order valence-electron chi connectivity index (χ4n) is 0.313. The van der Waals surface area contributed by atoms with Crippen LogP contribution in [0.1, 0.15) is 10.5 Å². The standard InChI is InChI=1S/C4H3NO3.Li/c6-4(7)3-1-8-2-5-3;/h1-2H,(H,6,7);/q;+1/p-1. The molecule has 42 valence electrons.